The number of H-pyrrole nitrogens is 1. The van der Waals surface area contributed by atoms with Crippen LogP contribution in [0, 0.1) is 17.0 Å². The summed E-state index contributed by atoms with van der Waals surface area (Å²) >= 11 is 0. The van der Waals surface area contributed by atoms with Crippen LogP contribution in [-0.2, 0) is 0 Å². The van der Waals surface area contributed by atoms with Crippen LogP contribution in [0.15, 0.2) is 41.5 Å². The van der Waals surface area contributed by atoms with Gasteiger partial charge in [0.05, 0.1) is 11.1 Å². The number of nitrogens with zero attached hydrogens (tertiary/aromatic N) is 3. The molecule has 126 valence electrons. The number of carbonyl (C=O) groups is 1. The molecule has 3 aromatic rings. The van der Waals surface area contributed by atoms with Gasteiger partial charge in [0.1, 0.15) is 5.75 Å². The van der Waals surface area contributed by atoms with Crippen LogP contribution < -0.4 is 5.43 Å². The maximum Gasteiger partial charge on any atom is 0.291 e. The summed E-state index contributed by atoms with van der Waals surface area (Å²) < 4.78 is 0. The first-order chi connectivity index (χ1) is 12.0. The maximum atomic E-state index is 11.9. The van der Waals surface area contributed by atoms with Gasteiger partial charge in [-0.25, -0.2) is 5.43 Å². The number of fused-ring (bicyclic) bond motifs is 1. The number of aromatic amines is 1. The van der Waals surface area contributed by atoms with Crippen molar-refractivity contribution in [2.75, 3.05) is 0 Å². The molecule has 0 saturated carbocycles. The molecule has 0 aliphatic heterocycles. The van der Waals surface area contributed by atoms with Crippen molar-refractivity contribution in [3.05, 3.63) is 63.5 Å². The van der Waals surface area contributed by atoms with Crippen LogP contribution in [0.25, 0.3) is 10.8 Å². The van der Waals surface area contributed by atoms with Crippen molar-refractivity contribution in [3.8, 4) is 5.75 Å². The van der Waals surface area contributed by atoms with E-state index in [1.54, 1.807) is 19.1 Å². The Balaban J connectivity index is 1.88. The van der Waals surface area contributed by atoms with E-state index in [2.05, 4.69) is 20.7 Å². The predicted molar refractivity (Wildman–Crippen MR) is 90.7 cm³/mol. The molecule has 1 heterocycles. The van der Waals surface area contributed by atoms with Gasteiger partial charge in [-0.1, -0.05) is 6.07 Å². The number of nitro groups is 1. The molecule has 0 fully saturated rings. The zero-order valence-electron chi connectivity index (χ0n) is 13.1. The first-order valence-corrected chi connectivity index (χ1v) is 7.21. The van der Waals surface area contributed by atoms with Gasteiger partial charge in [0, 0.05) is 23.4 Å². The van der Waals surface area contributed by atoms with Gasteiger partial charge in [0.15, 0.2) is 5.69 Å². The Labute approximate surface area is 141 Å². The molecule has 0 radical (unpaired) electrons. The zero-order valence-corrected chi connectivity index (χ0v) is 13.1. The highest BCUT2D eigenvalue weighted by Crippen LogP contribution is 2.28. The van der Waals surface area contributed by atoms with Crippen molar-refractivity contribution < 1.29 is 14.8 Å². The van der Waals surface area contributed by atoms with E-state index in [-0.39, 0.29) is 17.1 Å². The molecule has 1 aromatic heterocycles. The number of aromatic hydroxyl groups is 1. The minimum absolute atomic E-state index is 0.0525. The molecule has 0 aliphatic carbocycles. The Morgan fingerprint density at radius 1 is 1.36 bits per heavy atom. The van der Waals surface area contributed by atoms with Crippen molar-refractivity contribution >= 4 is 28.6 Å². The summed E-state index contributed by atoms with van der Waals surface area (Å²) in [6, 6.07) is 8.81. The van der Waals surface area contributed by atoms with E-state index in [9.17, 15) is 20.0 Å². The highest BCUT2D eigenvalue weighted by Gasteiger charge is 2.11. The van der Waals surface area contributed by atoms with Gasteiger partial charge < -0.3 is 5.11 Å². The molecule has 25 heavy (non-hydrogen) atoms. The molecule has 9 nitrogen and oxygen atoms in total. The molecule has 2 aromatic carbocycles. The third kappa shape index (κ3) is 3.29. The Bertz CT molecular complexity index is 1010. The number of nitro benzene ring substituents is 1. The van der Waals surface area contributed by atoms with Gasteiger partial charge in [-0.05, 0) is 35.9 Å². The van der Waals surface area contributed by atoms with Crippen LogP contribution >= 0.6 is 0 Å². The Kier molecular flexibility index (Phi) is 4.12. The Hall–Kier alpha value is -3.75. The molecule has 0 atom stereocenters. The number of hydrogen-bond acceptors (Lipinski definition) is 6. The second-order valence-electron chi connectivity index (χ2n) is 5.30. The average Bonchev–Trinajstić information content (AvgIpc) is 3.02. The second-order valence-corrected chi connectivity index (χ2v) is 5.30. The van der Waals surface area contributed by atoms with Crippen molar-refractivity contribution in [1.29, 1.82) is 0 Å². The summed E-state index contributed by atoms with van der Waals surface area (Å²) in [5.74, 6) is -0.564. The quantitative estimate of drug-likeness (QED) is 0.381. The van der Waals surface area contributed by atoms with E-state index in [0.717, 1.165) is 5.69 Å². The number of carbonyl (C=O) groups excluding carboxylic acids is 1. The fourth-order valence-corrected chi connectivity index (χ4v) is 2.33. The summed E-state index contributed by atoms with van der Waals surface area (Å²) in [5, 5.41) is 32.3. The van der Waals surface area contributed by atoms with Crippen LogP contribution in [0.2, 0.25) is 0 Å². The fourth-order valence-electron chi connectivity index (χ4n) is 2.33. The van der Waals surface area contributed by atoms with Gasteiger partial charge in [-0.2, -0.15) is 10.2 Å². The monoisotopic (exact) mass is 339 g/mol. The van der Waals surface area contributed by atoms with Gasteiger partial charge in [0.2, 0.25) is 0 Å². The smallest absolute Gasteiger partial charge is 0.291 e. The van der Waals surface area contributed by atoms with E-state index >= 15 is 0 Å². The number of hydrogen-bond donors (Lipinski definition) is 3. The highest BCUT2D eigenvalue weighted by molar-refractivity contribution is 6.03. The first-order valence-electron chi connectivity index (χ1n) is 7.21. The fraction of sp³-hybridized carbons (Fsp3) is 0.0625. The van der Waals surface area contributed by atoms with Gasteiger partial charge in [-0.3, -0.25) is 20.0 Å². The van der Waals surface area contributed by atoms with Crippen LogP contribution in [0.4, 0.5) is 5.69 Å². The van der Waals surface area contributed by atoms with Crippen molar-refractivity contribution in [3.63, 3.8) is 0 Å². The average molecular weight is 339 g/mol. The van der Waals surface area contributed by atoms with E-state index in [1.807, 2.05) is 0 Å². The third-order valence-corrected chi connectivity index (χ3v) is 3.53. The number of nitrogens with one attached hydrogen (secondary N) is 2. The van der Waals surface area contributed by atoms with Crippen molar-refractivity contribution in [2.24, 2.45) is 5.10 Å². The lowest BCUT2D eigenvalue weighted by atomic mass is 10.0. The zero-order chi connectivity index (χ0) is 18.0. The number of phenols is 1. The van der Waals surface area contributed by atoms with Crippen molar-refractivity contribution in [2.45, 2.75) is 6.92 Å². The molecular weight excluding hydrogens is 326 g/mol. The van der Waals surface area contributed by atoms with Crippen LogP contribution in [0.5, 0.6) is 5.75 Å². The van der Waals surface area contributed by atoms with Crippen molar-refractivity contribution in [1.82, 2.24) is 15.6 Å². The lowest BCUT2D eigenvalue weighted by Crippen LogP contribution is -2.18. The molecular formula is C16H13N5O4. The molecule has 3 N–H and O–H groups in total. The largest absolute Gasteiger partial charge is 0.507 e. The number of aromatic nitrogens is 2. The number of benzene rings is 2. The van der Waals surface area contributed by atoms with E-state index in [4.69, 9.17) is 0 Å². The van der Waals surface area contributed by atoms with Gasteiger partial charge in [0.25, 0.3) is 11.6 Å². The Morgan fingerprint density at radius 3 is 2.84 bits per heavy atom. The Morgan fingerprint density at radius 2 is 2.16 bits per heavy atom. The van der Waals surface area contributed by atoms with E-state index < -0.39 is 10.8 Å². The normalized spacial score (nSPS) is 11.1. The van der Waals surface area contributed by atoms with Gasteiger partial charge in [-0.15, -0.1) is 0 Å². The SMILES string of the molecule is Cc1cc(C(=O)N/N=C\c2c(O)ccc3cc([N+](=O)[O-])ccc23)n[nH]1. The number of amides is 1. The molecule has 1 amide bonds. The predicted octanol–water partition coefficient (Wildman–Crippen LogP) is 2.25. The lowest BCUT2D eigenvalue weighted by molar-refractivity contribution is -0.384. The maximum absolute atomic E-state index is 11.9. The standard InChI is InChI=1S/C16H13N5O4/c1-9-6-14(19-18-9)16(23)20-17-8-13-12-4-3-11(21(24)25)7-10(12)2-5-15(13)22/h2-8,22H,1H3,(H,18,19)(H,20,23)/b17-8-. The van der Waals surface area contributed by atoms with Crippen LogP contribution in [0.1, 0.15) is 21.7 Å². The molecule has 0 bridgehead atoms. The highest BCUT2D eigenvalue weighted by atomic mass is 16.6. The number of non-ortho nitro benzene ring substituents is 1. The molecule has 0 spiro atoms. The molecule has 3 rings (SSSR count). The third-order valence-electron chi connectivity index (χ3n) is 3.53. The van der Waals surface area contributed by atoms with E-state index in [1.165, 1.54) is 30.5 Å². The second kappa shape index (κ2) is 6.40. The summed E-state index contributed by atoms with van der Waals surface area (Å²) in [7, 11) is 0. The number of hydrazone groups is 1. The molecule has 0 unspecified atom stereocenters. The summed E-state index contributed by atoms with van der Waals surface area (Å²) in [5.41, 5.74) is 3.52. The number of rotatable bonds is 4. The molecule has 0 aliphatic rings. The minimum atomic E-state index is -0.504. The summed E-state index contributed by atoms with van der Waals surface area (Å²) in [4.78, 5) is 22.2. The van der Waals surface area contributed by atoms with E-state index in [0.29, 0.717) is 16.3 Å². The first kappa shape index (κ1) is 16.1. The number of aryl methyl sites for hydroxylation is 1. The molecule has 0 saturated heterocycles. The van der Waals surface area contributed by atoms with Gasteiger partial charge >= 0.3 is 0 Å². The lowest BCUT2D eigenvalue weighted by Gasteiger charge is -2.05. The van der Waals surface area contributed by atoms with Crippen LogP contribution in [0.3, 0.4) is 0 Å². The number of phenolic OH excluding ortho intramolecular Hbond substituents is 1. The molecule has 9 heteroatoms. The summed E-state index contributed by atoms with van der Waals surface area (Å²) in [6.45, 7) is 1.76. The topological polar surface area (TPSA) is 134 Å². The van der Waals surface area contributed by atoms with Crippen LogP contribution in [-0.4, -0.2) is 32.3 Å². The summed E-state index contributed by atoms with van der Waals surface area (Å²) in [6.07, 6.45) is 1.28. The minimum Gasteiger partial charge on any atom is -0.507 e.